The molecule has 2 aromatic rings. The van der Waals surface area contributed by atoms with Crippen molar-refractivity contribution >= 4 is 15.8 Å². The average Bonchev–Trinajstić information content (AvgIpc) is 2.63. The monoisotopic (exact) mass is 378 g/mol. The van der Waals surface area contributed by atoms with E-state index in [0.29, 0.717) is 30.3 Å². The molecule has 0 spiro atoms. The Bertz CT molecular complexity index is 883. The summed E-state index contributed by atoms with van der Waals surface area (Å²) in [5.41, 5.74) is 1.08. The van der Waals surface area contributed by atoms with Crippen LogP contribution in [0, 0.1) is 5.82 Å². The highest BCUT2D eigenvalue weighted by molar-refractivity contribution is 7.90. The molecule has 0 saturated carbocycles. The Morgan fingerprint density at radius 2 is 2.12 bits per heavy atom. The third-order valence-corrected chi connectivity index (χ3v) is 5.67. The molecule has 3 rings (SSSR count). The van der Waals surface area contributed by atoms with Gasteiger partial charge in [-0.15, -0.1) is 0 Å². The van der Waals surface area contributed by atoms with Gasteiger partial charge in [0.25, 0.3) is 0 Å². The second-order valence-corrected chi connectivity index (χ2v) is 8.67. The number of piperidine rings is 1. The van der Waals surface area contributed by atoms with Crippen LogP contribution in [0.4, 0.5) is 10.3 Å². The first-order chi connectivity index (χ1) is 12.4. The molecule has 1 atom stereocenters. The molecule has 0 unspecified atom stereocenters. The van der Waals surface area contributed by atoms with Crippen LogP contribution in [-0.4, -0.2) is 44.8 Å². The molecule has 140 valence electrons. The molecular weight excluding hydrogens is 355 g/mol. The maximum atomic E-state index is 13.9. The quantitative estimate of drug-likeness (QED) is 0.859. The summed E-state index contributed by atoms with van der Waals surface area (Å²) in [7, 11) is -1.65. The van der Waals surface area contributed by atoms with Crippen LogP contribution in [0.25, 0.3) is 0 Å². The molecule has 1 aliphatic rings. The number of nitrogens with one attached hydrogen (secondary N) is 1. The molecule has 1 aromatic heterocycles. The third kappa shape index (κ3) is 4.19. The van der Waals surface area contributed by atoms with Crippen LogP contribution in [0.2, 0.25) is 0 Å². The second kappa shape index (κ2) is 7.67. The van der Waals surface area contributed by atoms with Gasteiger partial charge in [0, 0.05) is 37.9 Å². The van der Waals surface area contributed by atoms with Crippen molar-refractivity contribution in [2.45, 2.75) is 30.2 Å². The Balaban J connectivity index is 1.94. The van der Waals surface area contributed by atoms with E-state index in [-0.39, 0.29) is 16.6 Å². The van der Waals surface area contributed by atoms with Crippen molar-refractivity contribution in [2.24, 2.45) is 0 Å². The molecule has 26 heavy (non-hydrogen) atoms. The fourth-order valence-corrected chi connectivity index (χ4v) is 4.01. The second-order valence-electron chi connectivity index (χ2n) is 6.68. The lowest BCUT2D eigenvalue weighted by Gasteiger charge is -2.25. The number of aromatic nitrogens is 2. The summed E-state index contributed by atoms with van der Waals surface area (Å²) >= 11 is 0. The van der Waals surface area contributed by atoms with Crippen LogP contribution in [0.3, 0.4) is 0 Å². The van der Waals surface area contributed by atoms with Crippen LogP contribution in [-0.2, 0) is 16.4 Å². The number of sulfone groups is 1. The van der Waals surface area contributed by atoms with E-state index in [1.54, 1.807) is 30.1 Å². The zero-order valence-corrected chi connectivity index (χ0v) is 15.8. The van der Waals surface area contributed by atoms with E-state index in [2.05, 4.69) is 15.3 Å². The Labute approximate surface area is 153 Å². The SMILES string of the molecule is CN(Cc1ccccc1F)c1ncc(S(C)(=O)=O)c([C@H]2CCCNC2)n1. The first kappa shape index (κ1) is 18.7. The minimum absolute atomic E-state index is 0.0251. The topological polar surface area (TPSA) is 75.2 Å². The minimum atomic E-state index is -3.42. The highest BCUT2D eigenvalue weighted by Crippen LogP contribution is 2.28. The number of rotatable bonds is 5. The highest BCUT2D eigenvalue weighted by atomic mass is 32.2. The van der Waals surface area contributed by atoms with Crippen LogP contribution in [0.1, 0.15) is 30.0 Å². The van der Waals surface area contributed by atoms with E-state index in [4.69, 9.17) is 0 Å². The fourth-order valence-electron chi connectivity index (χ4n) is 3.17. The standard InChI is InChI=1S/C18H23FN4O2S/c1-23(12-14-6-3-4-8-15(14)19)18-21-11-16(26(2,24)25)17(22-18)13-7-5-9-20-10-13/h3-4,6,8,11,13,20H,5,7,9-10,12H2,1-2H3/t13-/m0/s1. The van der Waals surface area contributed by atoms with Crippen molar-refractivity contribution in [3.05, 3.63) is 47.5 Å². The Kier molecular flexibility index (Phi) is 5.52. The van der Waals surface area contributed by atoms with Crippen molar-refractivity contribution in [1.82, 2.24) is 15.3 Å². The van der Waals surface area contributed by atoms with Gasteiger partial charge >= 0.3 is 0 Å². The normalized spacial score (nSPS) is 17.9. The summed E-state index contributed by atoms with van der Waals surface area (Å²) in [4.78, 5) is 10.7. The van der Waals surface area contributed by atoms with Crippen LogP contribution in [0.15, 0.2) is 35.4 Å². The Hall–Kier alpha value is -2.06. The van der Waals surface area contributed by atoms with Gasteiger partial charge in [-0.05, 0) is 25.5 Å². The van der Waals surface area contributed by atoms with E-state index in [0.717, 1.165) is 19.4 Å². The maximum Gasteiger partial charge on any atom is 0.225 e. The lowest BCUT2D eigenvalue weighted by molar-refractivity contribution is 0.447. The number of nitrogens with zero attached hydrogens (tertiary/aromatic N) is 3. The van der Waals surface area contributed by atoms with Crippen LogP contribution >= 0.6 is 0 Å². The molecule has 0 amide bonds. The molecule has 0 aliphatic carbocycles. The Morgan fingerprint density at radius 3 is 2.77 bits per heavy atom. The van der Waals surface area contributed by atoms with Gasteiger partial charge in [0.05, 0.1) is 11.9 Å². The summed E-state index contributed by atoms with van der Waals surface area (Å²) in [6.07, 6.45) is 4.40. The number of halogens is 1. The summed E-state index contributed by atoms with van der Waals surface area (Å²) in [5.74, 6) is 0.127. The van der Waals surface area contributed by atoms with Gasteiger partial charge in [0.2, 0.25) is 5.95 Å². The van der Waals surface area contributed by atoms with Crippen molar-refractivity contribution in [1.29, 1.82) is 0 Å². The number of benzene rings is 1. The van der Waals surface area contributed by atoms with Crippen LogP contribution in [0.5, 0.6) is 0 Å². The van der Waals surface area contributed by atoms with Crippen molar-refractivity contribution in [3.8, 4) is 0 Å². The van der Waals surface area contributed by atoms with E-state index < -0.39 is 9.84 Å². The fraction of sp³-hybridized carbons (Fsp3) is 0.444. The van der Waals surface area contributed by atoms with Crippen LogP contribution < -0.4 is 10.2 Å². The van der Waals surface area contributed by atoms with Gasteiger partial charge in [-0.2, -0.15) is 0 Å². The molecule has 1 aromatic carbocycles. The average molecular weight is 378 g/mol. The van der Waals surface area contributed by atoms with Crippen molar-refractivity contribution in [3.63, 3.8) is 0 Å². The van der Waals surface area contributed by atoms with Gasteiger partial charge in [0.1, 0.15) is 10.7 Å². The summed E-state index contributed by atoms with van der Waals surface area (Å²) < 4.78 is 38.2. The molecule has 2 heterocycles. The van der Waals surface area contributed by atoms with Gasteiger partial charge in [-0.25, -0.2) is 22.8 Å². The predicted octanol–water partition coefficient (Wildman–Crippen LogP) is 2.12. The number of anilines is 1. The highest BCUT2D eigenvalue weighted by Gasteiger charge is 2.26. The maximum absolute atomic E-state index is 13.9. The smallest absolute Gasteiger partial charge is 0.225 e. The minimum Gasteiger partial charge on any atom is -0.339 e. The third-order valence-electron chi connectivity index (χ3n) is 4.56. The first-order valence-corrected chi connectivity index (χ1v) is 10.5. The molecule has 1 saturated heterocycles. The van der Waals surface area contributed by atoms with E-state index in [1.165, 1.54) is 18.5 Å². The van der Waals surface area contributed by atoms with Gasteiger partial charge < -0.3 is 10.2 Å². The van der Waals surface area contributed by atoms with Crippen molar-refractivity contribution < 1.29 is 12.8 Å². The van der Waals surface area contributed by atoms with Gasteiger partial charge in [0.15, 0.2) is 9.84 Å². The number of hydrogen-bond donors (Lipinski definition) is 1. The zero-order valence-electron chi connectivity index (χ0n) is 14.9. The van der Waals surface area contributed by atoms with E-state index >= 15 is 0 Å². The molecule has 6 nitrogen and oxygen atoms in total. The first-order valence-electron chi connectivity index (χ1n) is 8.58. The molecule has 0 bridgehead atoms. The predicted molar refractivity (Wildman–Crippen MR) is 98.5 cm³/mol. The largest absolute Gasteiger partial charge is 0.339 e. The molecule has 8 heteroatoms. The van der Waals surface area contributed by atoms with E-state index in [1.807, 2.05) is 0 Å². The lowest BCUT2D eigenvalue weighted by atomic mass is 9.96. The number of hydrogen-bond acceptors (Lipinski definition) is 6. The molecule has 1 aliphatic heterocycles. The van der Waals surface area contributed by atoms with Crippen molar-refractivity contribution in [2.75, 3.05) is 31.3 Å². The molecule has 1 N–H and O–H groups in total. The summed E-state index contributed by atoms with van der Waals surface area (Å²) in [6.45, 7) is 1.92. The van der Waals surface area contributed by atoms with Gasteiger partial charge in [-0.3, -0.25) is 0 Å². The Morgan fingerprint density at radius 1 is 1.35 bits per heavy atom. The summed E-state index contributed by atoms with van der Waals surface area (Å²) in [6, 6.07) is 6.54. The van der Waals surface area contributed by atoms with E-state index in [9.17, 15) is 12.8 Å². The zero-order chi connectivity index (χ0) is 18.7. The lowest BCUT2D eigenvalue weighted by Crippen LogP contribution is -2.30. The molecule has 0 radical (unpaired) electrons. The summed E-state index contributed by atoms with van der Waals surface area (Å²) in [5, 5.41) is 3.29. The molecule has 1 fully saturated rings. The van der Waals surface area contributed by atoms with Gasteiger partial charge in [-0.1, -0.05) is 18.2 Å². The molecular formula is C18H23FN4O2S.